The predicted molar refractivity (Wildman–Crippen MR) is 70.5 cm³/mol. The van der Waals surface area contributed by atoms with Crippen molar-refractivity contribution in [1.82, 2.24) is 25.0 Å². The summed E-state index contributed by atoms with van der Waals surface area (Å²) in [5.41, 5.74) is 0. The van der Waals surface area contributed by atoms with Crippen LogP contribution in [0.4, 0.5) is 0 Å². The number of nitrogens with one attached hydrogen (secondary N) is 1. The lowest BCUT2D eigenvalue weighted by Gasteiger charge is -2.32. The first kappa shape index (κ1) is 12.6. The Kier molecular flexibility index (Phi) is 3.50. The van der Waals surface area contributed by atoms with Crippen LogP contribution in [0.3, 0.4) is 0 Å². The molecule has 6 heteroatoms. The Morgan fingerprint density at radius 1 is 1.37 bits per heavy atom. The highest BCUT2D eigenvalue weighted by atomic mass is 16.2. The third-order valence-corrected chi connectivity index (χ3v) is 4.40. The van der Waals surface area contributed by atoms with Gasteiger partial charge in [-0.1, -0.05) is 6.42 Å². The second-order valence-electron chi connectivity index (χ2n) is 5.55. The van der Waals surface area contributed by atoms with Crippen molar-refractivity contribution in [2.45, 2.75) is 50.7 Å². The van der Waals surface area contributed by atoms with E-state index in [9.17, 15) is 4.79 Å². The molecule has 1 aromatic heterocycles. The first-order valence-corrected chi connectivity index (χ1v) is 7.14. The fourth-order valence-electron chi connectivity index (χ4n) is 3.26. The van der Waals surface area contributed by atoms with Crippen molar-refractivity contribution >= 4 is 5.91 Å². The van der Waals surface area contributed by atoms with E-state index in [2.05, 4.69) is 20.3 Å². The van der Waals surface area contributed by atoms with E-state index >= 15 is 0 Å². The monoisotopic (exact) mass is 263 g/mol. The number of aromatic nitrogens is 3. The smallest absolute Gasteiger partial charge is 0.244 e. The van der Waals surface area contributed by atoms with Gasteiger partial charge in [-0.2, -0.15) is 5.10 Å². The van der Waals surface area contributed by atoms with Gasteiger partial charge >= 0.3 is 0 Å². The van der Waals surface area contributed by atoms with Crippen LogP contribution in [0.2, 0.25) is 0 Å². The lowest BCUT2D eigenvalue weighted by atomic mass is 9.99. The highest BCUT2D eigenvalue weighted by Crippen LogP contribution is 2.27. The molecular weight excluding hydrogens is 242 g/mol. The third-order valence-electron chi connectivity index (χ3n) is 4.40. The highest BCUT2D eigenvalue weighted by molar-refractivity contribution is 5.80. The van der Waals surface area contributed by atoms with Crippen LogP contribution in [0, 0.1) is 0 Å². The SMILES string of the molecule is C[C@H](C(=O)N[C@@H]1CCN2CCCC[C@H]12)n1cncn1. The molecule has 0 radical (unpaired) electrons. The molecule has 19 heavy (non-hydrogen) atoms. The van der Waals surface area contributed by atoms with E-state index in [1.807, 2.05) is 6.92 Å². The summed E-state index contributed by atoms with van der Waals surface area (Å²) in [7, 11) is 0. The molecule has 6 nitrogen and oxygen atoms in total. The van der Waals surface area contributed by atoms with Gasteiger partial charge in [0.05, 0.1) is 0 Å². The van der Waals surface area contributed by atoms with Crippen LogP contribution in [0.15, 0.2) is 12.7 Å². The summed E-state index contributed by atoms with van der Waals surface area (Å²) >= 11 is 0. The zero-order valence-corrected chi connectivity index (χ0v) is 11.3. The standard InChI is InChI=1S/C13H21N5O/c1-10(18-9-14-8-15-18)13(19)16-11-5-7-17-6-3-2-4-12(11)17/h8-12H,2-7H2,1H3,(H,16,19)/t10-,11-,12-/m1/s1. The molecule has 2 fully saturated rings. The van der Waals surface area contributed by atoms with Gasteiger partial charge in [-0.15, -0.1) is 0 Å². The molecule has 3 atom stereocenters. The molecule has 104 valence electrons. The largest absolute Gasteiger partial charge is 0.350 e. The van der Waals surface area contributed by atoms with Gasteiger partial charge in [-0.25, -0.2) is 9.67 Å². The first-order valence-electron chi connectivity index (χ1n) is 7.14. The molecule has 1 aromatic rings. The van der Waals surface area contributed by atoms with Gasteiger partial charge in [-0.05, 0) is 32.7 Å². The first-order chi connectivity index (χ1) is 9.25. The summed E-state index contributed by atoms with van der Waals surface area (Å²) < 4.78 is 1.60. The Balaban J connectivity index is 1.60. The molecule has 2 saturated heterocycles. The van der Waals surface area contributed by atoms with Gasteiger partial charge in [0.15, 0.2) is 0 Å². The Hall–Kier alpha value is -1.43. The van der Waals surface area contributed by atoms with Crippen molar-refractivity contribution in [3.8, 4) is 0 Å². The lowest BCUT2D eigenvalue weighted by Crippen LogP contribution is -2.48. The van der Waals surface area contributed by atoms with Crippen molar-refractivity contribution < 1.29 is 4.79 Å². The molecule has 1 amide bonds. The summed E-state index contributed by atoms with van der Waals surface area (Å²) in [4.78, 5) is 18.7. The van der Waals surface area contributed by atoms with Crippen LogP contribution in [0.1, 0.15) is 38.6 Å². The number of carbonyl (C=O) groups is 1. The summed E-state index contributed by atoms with van der Waals surface area (Å²) in [6.07, 6.45) is 7.91. The Morgan fingerprint density at radius 2 is 2.26 bits per heavy atom. The molecule has 0 saturated carbocycles. The second-order valence-corrected chi connectivity index (χ2v) is 5.55. The molecule has 0 bridgehead atoms. The average molecular weight is 263 g/mol. The van der Waals surface area contributed by atoms with E-state index in [0.29, 0.717) is 12.1 Å². The molecular formula is C13H21N5O. The summed E-state index contributed by atoms with van der Waals surface area (Å²) in [6.45, 7) is 4.17. The van der Waals surface area contributed by atoms with Crippen LogP contribution < -0.4 is 5.32 Å². The van der Waals surface area contributed by atoms with Crippen LogP contribution in [0.25, 0.3) is 0 Å². The molecule has 3 rings (SSSR count). The van der Waals surface area contributed by atoms with Gasteiger partial charge in [-0.3, -0.25) is 9.69 Å². The Bertz CT molecular complexity index is 432. The zero-order chi connectivity index (χ0) is 13.2. The van der Waals surface area contributed by atoms with E-state index in [4.69, 9.17) is 0 Å². The maximum Gasteiger partial charge on any atom is 0.244 e. The topological polar surface area (TPSA) is 63.1 Å². The van der Waals surface area contributed by atoms with Crippen LogP contribution in [-0.2, 0) is 4.79 Å². The normalized spacial score (nSPS) is 28.9. The summed E-state index contributed by atoms with van der Waals surface area (Å²) in [5.74, 6) is 0.0444. The van der Waals surface area contributed by atoms with E-state index in [1.165, 1.54) is 32.1 Å². The van der Waals surface area contributed by atoms with Crippen molar-refractivity contribution in [2.24, 2.45) is 0 Å². The number of amides is 1. The third kappa shape index (κ3) is 2.49. The molecule has 2 aliphatic heterocycles. The Morgan fingerprint density at radius 3 is 3.05 bits per heavy atom. The molecule has 1 N–H and O–H groups in total. The molecule has 0 spiro atoms. The van der Waals surface area contributed by atoms with E-state index in [0.717, 1.165) is 13.0 Å². The van der Waals surface area contributed by atoms with Crippen LogP contribution >= 0.6 is 0 Å². The predicted octanol–water partition coefficient (Wildman–Crippen LogP) is 0.582. The van der Waals surface area contributed by atoms with E-state index in [1.54, 1.807) is 11.0 Å². The molecule has 0 unspecified atom stereocenters. The number of hydrogen-bond acceptors (Lipinski definition) is 4. The lowest BCUT2D eigenvalue weighted by molar-refractivity contribution is -0.125. The summed E-state index contributed by atoms with van der Waals surface area (Å²) in [6, 6.07) is 0.555. The second kappa shape index (κ2) is 5.28. The van der Waals surface area contributed by atoms with Gasteiger partial charge in [0.1, 0.15) is 18.7 Å². The minimum absolute atomic E-state index is 0.0444. The molecule has 0 aromatic carbocycles. The number of carbonyl (C=O) groups excluding carboxylic acids is 1. The van der Waals surface area contributed by atoms with Crippen molar-refractivity contribution in [3.05, 3.63) is 12.7 Å². The quantitative estimate of drug-likeness (QED) is 0.866. The zero-order valence-electron chi connectivity index (χ0n) is 11.3. The van der Waals surface area contributed by atoms with Gasteiger partial charge in [0.2, 0.25) is 5.91 Å². The van der Waals surface area contributed by atoms with Gasteiger partial charge in [0, 0.05) is 18.6 Å². The average Bonchev–Trinajstić information content (AvgIpc) is 3.08. The van der Waals surface area contributed by atoms with Crippen molar-refractivity contribution in [1.29, 1.82) is 0 Å². The maximum atomic E-state index is 12.3. The molecule has 3 heterocycles. The highest BCUT2D eigenvalue weighted by Gasteiger charge is 2.36. The van der Waals surface area contributed by atoms with E-state index in [-0.39, 0.29) is 11.9 Å². The van der Waals surface area contributed by atoms with Crippen LogP contribution in [-0.4, -0.2) is 50.7 Å². The maximum absolute atomic E-state index is 12.3. The van der Waals surface area contributed by atoms with E-state index < -0.39 is 0 Å². The van der Waals surface area contributed by atoms with Gasteiger partial charge in [0.25, 0.3) is 0 Å². The minimum atomic E-state index is -0.292. The van der Waals surface area contributed by atoms with Crippen molar-refractivity contribution in [2.75, 3.05) is 13.1 Å². The molecule has 0 aliphatic carbocycles. The number of hydrogen-bond donors (Lipinski definition) is 1. The Labute approximate surface area is 113 Å². The van der Waals surface area contributed by atoms with Crippen LogP contribution in [0.5, 0.6) is 0 Å². The fourth-order valence-corrected chi connectivity index (χ4v) is 3.26. The molecule has 2 aliphatic rings. The fraction of sp³-hybridized carbons (Fsp3) is 0.769. The summed E-state index contributed by atoms with van der Waals surface area (Å²) in [5, 5.41) is 7.22. The van der Waals surface area contributed by atoms with Crippen molar-refractivity contribution in [3.63, 3.8) is 0 Å². The number of piperidine rings is 1. The number of fused-ring (bicyclic) bond motifs is 1. The number of rotatable bonds is 3. The minimum Gasteiger partial charge on any atom is -0.350 e. The van der Waals surface area contributed by atoms with Gasteiger partial charge < -0.3 is 5.32 Å². The number of nitrogens with zero attached hydrogens (tertiary/aromatic N) is 4.